The van der Waals surface area contributed by atoms with E-state index in [4.69, 9.17) is 18.9 Å². The Kier molecular flexibility index (Phi) is 9.90. The molecule has 1 fully saturated rings. The average molecular weight is 685 g/mol. The van der Waals surface area contributed by atoms with Crippen LogP contribution in [0.15, 0.2) is 61.9 Å². The van der Waals surface area contributed by atoms with Gasteiger partial charge in [-0.1, -0.05) is 39.4 Å². The van der Waals surface area contributed by atoms with Crippen molar-refractivity contribution in [2.75, 3.05) is 40.0 Å². The number of hydrogen-bond acceptors (Lipinski definition) is 9. The van der Waals surface area contributed by atoms with Crippen LogP contribution in [0.3, 0.4) is 0 Å². The zero-order valence-electron chi connectivity index (χ0n) is 25.1. The number of likely N-dealkylation sites (tertiary alicyclic amines) is 1. The molecular formula is C32H34BrN3O7S. The van der Waals surface area contributed by atoms with Crippen molar-refractivity contribution in [3.8, 4) is 17.2 Å². The van der Waals surface area contributed by atoms with Gasteiger partial charge in [0.25, 0.3) is 11.5 Å². The Morgan fingerprint density at radius 1 is 1.07 bits per heavy atom. The van der Waals surface area contributed by atoms with Crippen molar-refractivity contribution in [1.29, 1.82) is 0 Å². The molecule has 12 heteroatoms. The molecule has 44 heavy (non-hydrogen) atoms. The molecule has 1 atom stereocenters. The Labute approximate surface area is 267 Å². The van der Waals surface area contributed by atoms with Crippen LogP contribution in [0, 0.1) is 0 Å². The Morgan fingerprint density at radius 2 is 1.80 bits per heavy atom. The highest BCUT2D eigenvalue weighted by Crippen LogP contribution is 2.41. The molecule has 3 aromatic rings. The zero-order valence-corrected chi connectivity index (χ0v) is 27.5. The second kappa shape index (κ2) is 13.8. The summed E-state index contributed by atoms with van der Waals surface area (Å²) < 4.78 is 25.1. The fourth-order valence-electron chi connectivity index (χ4n) is 5.29. The summed E-state index contributed by atoms with van der Waals surface area (Å²) >= 11 is 4.87. The minimum atomic E-state index is -0.823. The van der Waals surface area contributed by atoms with E-state index in [2.05, 4.69) is 20.9 Å². The van der Waals surface area contributed by atoms with Crippen LogP contribution in [-0.2, 0) is 14.3 Å². The van der Waals surface area contributed by atoms with Crippen LogP contribution in [0.25, 0.3) is 6.08 Å². The van der Waals surface area contributed by atoms with Gasteiger partial charge in [0.1, 0.15) is 5.75 Å². The Morgan fingerprint density at radius 3 is 2.45 bits per heavy atom. The van der Waals surface area contributed by atoms with Crippen molar-refractivity contribution in [3.63, 3.8) is 0 Å². The SMILES string of the molecule is CCOC(=O)C1=C(C)N=c2s/c(=C/c3ccc(OCC(=O)N4CCCC4)cc3)c(=O)n2[C@H]1c1cc(OCC)c(OC)cc1Br. The van der Waals surface area contributed by atoms with E-state index in [0.29, 0.717) is 48.9 Å². The van der Waals surface area contributed by atoms with E-state index in [0.717, 1.165) is 31.5 Å². The van der Waals surface area contributed by atoms with Crippen LogP contribution in [0.4, 0.5) is 0 Å². The van der Waals surface area contributed by atoms with Crippen molar-refractivity contribution < 1.29 is 28.5 Å². The third-order valence-electron chi connectivity index (χ3n) is 7.39. The van der Waals surface area contributed by atoms with Crippen LogP contribution in [0.2, 0.25) is 0 Å². The topological polar surface area (TPSA) is 109 Å². The van der Waals surface area contributed by atoms with Crippen molar-refractivity contribution in [2.24, 2.45) is 4.99 Å². The summed E-state index contributed by atoms with van der Waals surface area (Å²) in [6, 6.07) is 9.92. The minimum Gasteiger partial charge on any atom is -0.493 e. The standard InChI is InChI=1S/C32H34BrN3O7S/c1-5-41-25-16-22(23(33)17-24(25)40-4)29-28(31(39)42-6-2)19(3)34-32-36(29)30(38)26(44-32)15-20-9-11-21(12-10-20)43-18-27(37)35-13-7-8-14-35/h9-12,15-17,29H,5-8,13-14,18H2,1-4H3/b26-15+/t29-/m0/s1. The first-order valence-corrected chi connectivity index (χ1v) is 16.1. The number of nitrogens with zero attached hydrogens (tertiary/aromatic N) is 3. The van der Waals surface area contributed by atoms with Crippen LogP contribution in [0.1, 0.15) is 50.8 Å². The number of rotatable bonds is 10. The molecular weight excluding hydrogens is 650 g/mol. The molecule has 2 aliphatic heterocycles. The van der Waals surface area contributed by atoms with Crippen LogP contribution in [0.5, 0.6) is 17.2 Å². The fraction of sp³-hybridized carbons (Fsp3) is 0.375. The first-order chi connectivity index (χ1) is 21.2. The Hall–Kier alpha value is -3.90. The number of hydrogen-bond donors (Lipinski definition) is 0. The second-order valence-electron chi connectivity index (χ2n) is 10.2. The number of carbonyl (C=O) groups excluding carboxylic acids is 2. The van der Waals surface area contributed by atoms with Gasteiger partial charge in [-0.2, -0.15) is 0 Å². The third-order valence-corrected chi connectivity index (χ3v) is 9.06. The molecule has 0 spiro atoms. The summed E-state index contributed by atoms with van der Waals surface area (Å²) in [5, 5.41) is 0. The molecule has 0 radical (unpaired) electrons. The summed E-state index contributed by atoms with van der Waals surface area (Å²) in [4.78, 5) is 46.6. The van der Waals surface area contributed by atoms with Gasteiger partial charge in [-0.15, -0.1) is 0 Å². The highest BCUT2D eigenvalue weighted by Gasteiger charge is 2.35. The molecule has 10 nitrogen and oxygen atoms in total. The molecule has 2 aliphatic rings. The van der Waals surface area contributed by atoms with Crippen molar-refractivity contribution in [1.82, 2.24) is 9.47 Å². The summed E-state index contributed by atoms with van der Waals surface area (Å²) in [5.41, 5.74) is 1.83. The molecule has 232 valence electrons. The molecule has 0 unspecified atom stereocenters. The first-order valence-electron chi connectivity index (χ1n) is 14.5. The maximum Gasteiger partial charge on any atom is 0.338 e. The van der Waals surface area contributed by atoms with Crippen molar-refractivity contribution in [3.05, 3.63) is 83.0 Å². The number of esters is 1. The van der Waals surface area contributed by atoms with Crippen LogP contribution >= 0.6 is 27.3 Å². The van der Waals surface area contributed by atoms with Gasteiger partial charge in [0, 0.05) is 17.6 Å². The number of methoxy groups -OCH3 is 1. The maximum absolute atomic E-state index is 14.0. The number of carbonyl (C=O) groups is 2. The predicted octanol–water partition coefficient (Wildman–Crippen LogP) is 3.97. The highest BCUT2D eigenvalue weighted by molar-refractivity contribution is 9.10. The van der Waals surface area contributed by atoms with Gasteiger partial charge in [0.05, 0.1) is 42.2 Å². The molecule has 0 aliphatic carbocycles. The van der Waals surface area contributed by atoms with Crippen molar-refractivity contribution >= 4 is 45.2 Å². The lowest BCUT2D eigenvalue weighted by Crippen LogP contribution is -2.40. The van der Waals surface area contributed by atoms with Crippen LogP contribution in [-0.4, -0.2) is 61.4 Å². The number of benzene rings is 2. The molecule has 3 heterocycles. The minimum absolute atomic E-state index is 0.00791. The quantitative estimate of drug-likeness (QED) is 0.298. The van der Waals surface area contributed by atoms with Gasteiger partial charge in [-0.25, -0.2) is 9.79 Å². The zero-order chi connectivity index (χ0) is 31.4. The van der Waals surface area contributed by atoms with Gasteiger partial charge < -0.3 is 23.8 Å². The smallest absolute Gasteiger partial charge is 0.338 e. The summed E-state index contributed by atoms with van der Waals surface area (Å²) in [5.74, 6) is 1.00. The fourth-order valence-corrected chi connectivity index (χ4v) is 6.87. The van der Waals surface area contributed by atoms with E-state index in [1.165, 1.54) is 15.9 Å². The Bertz CT molecular complexity index is 1770. The molecule has 0 saturated carbocycles. The average Bonchev–Trinajstić information content (AvgIpc) is 3.65. The number of fused-ring (bicyclic) bond motifs is 1. The monoisotopic (exact) mass is 683 g/mol. The number of allylic oxidation sites excluding steroid dienone is 1. The van der Waals surface area contributed by atoms with Crippen molar-refractivity contribution in [2.45, 2.75) is 39.7 Å². The number of ether oxygens (including phenoxy) is 4. The van der Waals surface area contributed by atoms with E-state index < -0.39 is 12.0 Å². The summed E-state index contributed by atoms with van der Waals surface area (Å²) in [7, 11) is 1.55. The molecule has 5 rings (SSSR count). The third kappa shape index (κ3) is 6.46. The lowest BCUT2D eigenvalue weighted by Gasteiger charge is -2.26. The lowest BCUT2D eigenvalue weighted by molar-refractivity contribution is -0.139. The highest BCUT2D eigenvalue weighted by atomic mass is 79.9. The van der Waals surface area contributed by atoms with E-state index >= 15 is 0 Å². The maximum atomic E-state index is 14.0. The predicted molar refractivity (Wildman–Crippen MR) is 170 cm³/mol. The number of aromatic nitrogens is 1. The molecule has 0 N–H and O–H groups in total. The van der Waals surface area contributed by atoms with Gasteiger partial charge in [-0.05, 0) is 75.1 Å². The first kappa shape index (κ1) is 31.5. The largest absolute Gasteiger partial charge is 0.493 e. The van der Waals surface area contributed by atoms with E-state index in [1.54, 1.807) is 51.3 Å². The molecule has 2 aromatic carbocycles. The second-order valence-corrected chi connectivity index (χ2v) is 12.1. The molecule has 0 bridgehead atoms. The molecule has 1 amide bonds. The van der Waals surface area contributed by atoms with Gasteiger partial charge in [0.15, 0.2) is 22.9 Å². The molecule has 1 saturated heterocycles. The van der Waals surface area contributed by atoms with E-state index in [-0.39, 0.29) is 30.3 Å². The number of halogens is 1. The normalized spacial score (nSPS) is 16.4. The lowest BCUT2D eigenvalue weighted by atomic mass is 9.95. The Balaban J connectivity index is 1.53. The number of thiazole rings is 1. The van der Waals surface area contributed by atoms with E-state index in [9.17, 15) is 14.4 Å². The summed E-state index contributed by atoms with van der Waals surface area (Å²) in [6.45, 7) is 7.47. The summed E-state index contributed by atoms with van der Waals surface area (Å²) in [6.07, 6.45) is 3.84. The molecule has 1 aromatic heterocycles. The van der Waals surface area contributed by atoms with Gasteiger partial charge in [0.2, 0.25) is 0 Å². The van der Waals surface area contributed by atoms with Gasteiger partial charge in [-0.3, -0.25) is 14.2 Å². The van der Waals surface area contributed by atoms with Gasteiger partial charge >= 0.3 is 5.97 Å². The van der Waals surface area contributed by atoms with Crippen LogP contribution < -0.4 is 29.1 Å². The number of amides is 1. The van der Waals surface area contributed by atoms with E-state index in [1.807, 2.05) is 24.0 Å².